The van der Waals surface area contributed by atoms with Crippen LogP contribution in [0.4, 0.5) is 11.9 Å². The summed E-state index contributed by atoms with van der Waals surface area (Å²) in [4.78, 5) is 14.4. The van der Waals surface area contributed by atoms with E-state index in [4.69, 9.17) is 10.5 Å². The third kappa shape index (κ3) is 6.01. The lowest BCUT2D eigenvalue weighted by Gasteiger charge is -2.20. The molecule has 1 heterocycles. The van der Waals surface area contributed by atoms with Crippen LogP contribution >= 0.6 is 0 Å². The molecule has 0 aliphatic carbocycles. The van der Waals surface area contributed by atoms with Crippen molar-refractivity contribution >= 4 is 11.9 Å². The van der Waals surface area contributed by atoms with E-state index in [1.165, 1.54) is 0 Å². The number of hydrogen-bond acceptors (Lipinski definition) is 7. The van der Waals surface area contributed by atoms with E-state index in [0.29, 0.717) is 18.6 Å². The van der Waals surface area contributed by atoms with Crippen molar-refractivity contribution in [2.45, 2.75) is 39.7 Å². The largest absolute Gasteiger partial charge is 0.464 e. The van der Waals surface area contributed by atoms with Gasteiger partial charge in [0, 0.05) is 12.6 Å². The highest BCUT2D eigenvalue weighted by Crippen LogP contribution is 2.09. The van der Waals surface area contributed by atoms with E-state index in [2.05, 4.69) is 46.1 Å². The van der Waals surface area contributed by atoms with Gasteiger partial charge in [-0.3, -0.25) is 0 Å². The lowest BCUT2D eigenvalue weighted by atomic mass is 10.2. The molecule has 20 heavy (non-hydrogen) atoms. The van der Waals surface area contributed by atoms with Crippen molar-refractivity contribution < 1.29 is 4.74 Å². The molecule has 0 radical (unpaired) electrons. The molecule has 3 N–H and O–H groups in total. The second kappa shape index (κ2) is 8.52. The molecule has 7 nitrogen and oxygen atoms in total. The number of nitrogen functional groups attached to an aromatic ring is 1. The van der Waals surface area contributed by atoms with Crippen molar-refractivity contribution in [1.82, 2.24) is 19.9 Å². The maximum atomic E-state index is 5.60. The van der Waals surface area contributed by atoms with E-state index in [1.807, 2.05) is 6.92 Å². The first-order valence-electron chi connectivity index (χ1n) is 7.11. The van der Waals surface area contributed by atoms with Crippen LogP contribution in [-0.2, 0) is 0 Å². The molecule has 114 valence electrons. The Morgan fingerprint density at radius 1 is 1.25 bits per heavy atom. The summed E-state index contributed by atoms with van der Waals surface area (Å²) in [7, 11) is 2.14. The van der Waals surface area contributed by atoms with E-state index in [1.54, 1.807) is 0 Å². The Bertz CT molecular complexity index is 398. The van der Waals surface area contributed by atoms with Crippen molar-refractivity contribution in [1.29, 1.82) is 0 Å². The number of ether oxygens (including phenoxy) is 1. The summed E-state index contributed by atoms with van der Waals surface area (Å²) >= 11 is 0. The molecule has 1 rings (SSSR count). The summed E-state index contributed by atoms with van der Waals surface area (Å²) in [5.74, 6) is 0.642. The SMILES string of the molecule is CCOc1nc(N)nc(NCCCCN(C)C(C)C)n1. The Morgan fingerprint density at radius 3 is 2.65 bits per heavy atom. The lowest BCUT2D eigenvalue weighted by molar-refractivity contribution is 0.269. The second-order valence-corrected chi connectivity index (χ2v) is 4.94. The van der Waals surface area contributed by atoms with Crippen molar-refractivity contribution in [3.63, 3.8) is 0 Å². The first-order chi connectivity index (χ1) is 9.52. The van der Waals surface area contributed by atoms with Crippen LogP contribution in [-0.4, -0.2) is 52.6 Å². The van der Waals surface area contributed by atoms with Gasteiger partial charge in [0.25, 0.3) is 0 Å². The molecule has 0 fully saturated rings. The Kier molecular flexibility index (Phi) is 7.00. The third-order valence-electron chi connectivity index (χ3n) is 3.01. The second-order valence-electron chi connectivity index (χ2n) is 4.94. The van der Waals surface area contributed by atoms with Gasteiger partial charge in [0.2, 0.25) is 11.9 Å². The zero-order valence-electron chi connectivity index (χ0n) is 12.9. The quantitative estimate of drug-likeness (QED) is 0.661. The minimum Gasteiger partial charge on any atom is -0.464 e. The molecule has 0 amide bonds. The van der Waals surface area contributed by atoms with Gasteiger partial charge in [0.05, 0.1) is 6.61 Å². The first-order valence-corrected chi connectivity index (χ1v) is 7.11. The Morgan fingerprint density at radius 2 is 2.00 bits per heavy atom. The molecular formula is C13H26N6O. The fraction of sp³-hybridized carbons (Fsp3) is 0.769. The average molecular weight is 282 g/mol. The highest BCUT2D eigenvalue weighted by Gasteiger charge is 2.05. The summed E-state index contributed by atoms with van der Waals surface area (Å²) < 4.78 is 5.22. The zero-order valence-corrected chi connectivity index (χ0v) is 12.9. The molecule has 7 heteroatoms. The standard InChI is InChI=1S/C13H26N6O/c1-5-20-13-17-11(14)16-12(18-13)15-8-6-7-9-19(4)10(2)3/h10H,5-9H2,1-4H3,(H3,14,15,16,17,18). The van der Waals surface area contributed by atoms with Gasteiger partial charge in [-0.2, -0.15) is 15.0 Å². The first kappa shape index (κ1) is 16.4. The van der Waals surface area contributed by atoms with E-state index in [0.717, 1.165) is 25.9 Å². The lowest BCUT2D eigenvalue weighted by Crippen LogP contribution is -2.27. The Labute approximate surface area is 121 Å². The van der Waals surface area contributed by atoms with Gasteiger partial charge in [0.1, 0.15) is 0 Å². The van der Waals surface area contributed by atoms with Gasteiger partial charge in [0.15, 0.2) is 0 Å². The molecular weight excluding hydrogens is 256 g/mol. The van der Waals surface area contributed by atoms with Crippen LogP contribution in [0.1, 0.15) is 33.6 Å². The number of anilines is 2. The third-order valence-corrected chi connectivity index (χ3v) is 3.01. The average Bonchev–Trinajstić information content (AvgIpc) is 2.37. The van der Waals surface area contributed by atoms with Gasteiger partial charge in [-0.15, -0.1) is 0 Å². The molecule has 0 saturated carbocycles. The van der Waals surface area contributed by atoms with Gasteiger partial charge < -0.3 is 20.7 Å². The summed E-state index contributed by atoms with van der Waals surface area (Å²) in [5.41, 5.74) is 5.60. The zero-order chi connectivity index (χ0) is 15.0. The van der Waals surface area contributed by atoms with Crippen LogP contribution in [0.5, 0.6) is 6.01 Å². The fourth-order valence-electron chi connectivity index (χ4n) is 1.59. The van der Waals surface area contributed by atoms with Gasteiger partial charge in [-0.1, -0.05) is 0 Å². The van der Waals surface area contributed by atoms with Crippen molar-refractivity contribution in [3.8, 4) is 6.01 Å². The predicted molar refractivity (Wildman–Crippen MR) is 80.9 cm³/mol. The van der Waals surface area contributed by atoms with Crippen LogP contribution in [0.25, 0.3) is 0 Å². The molecule has 0 unspecified atom stereocenters. The molecule has 0 aliphatic rings. The smallest absolute Gasteiger partial charge is 0.323 e. The number of hydrogen-bond donors (Lipinski definition) is 2. The van der Waals surface area contributed by atoms with E-state index in [9.17, 15) is 0 Å². The summed E-state index contributed by atoms with van der Waals surface area (Å²) in [5, 5.41) is 3.15. The molecule has 1 aromatic heterocycles. The summed E-state index contributed by atoms with van der Waals surface area (Å²) in [6, 6.07) is 0.849. The van der Waals surface area contributed by atoms with E-state index < -0.39 is 0 Å². The number of nitrogens with two attached hydrogens (primary N) is 1. The van der Waals surface area contributed by atoms with Crippen molar-refractivity contribution in [3.05, 3.63) is 0 Å². The summed E-state index contributed by atoms with van der Waals surface area (Å²) in [6.45, 7) is 8.66. The molecule has 0 spiro atoms. The Balaban J connectivity index is 2.31. The predicted octanol–water partition coefficient (Wildman–Crippen LogP) is 1.38. The minimum atomic E-state index is 0.172. The monoisotopic (exact) mass is 282 g/mol. The van der Waals surface area contributed by atoms with Crippen LogP contribution in [0.2, 0.25) is 0 Å². The van der Waals surface area contributed by atoms with Crippen LogP contribution in [0, 0.1) is 0 Å². The topological polar surface area (TPSA) is 89.2 Å². The molecule has 0 aliphatic heterocycles. The van der Waals surface area contributed by atoms with Crippen LogP contribution in [0.15, 0.2) is 0 Å². The van der Waals surface area contributed by atoms with Gasteiger partial charge in [-0.05, 0) is 47.2 Å². The molecule has 1 aromatic rings. The summed E-state index contributed by atoms with van der Waals surface area (Å²) in [6.07, 6.45) is 2.17. The van der Waals surface area contributed by atoms with E-state index >= 15 is 0 Å². The number of rotatable bonds is 9. The normalized spacial score (nSPS) is 11.1. The fourth-order valence-corrected chi connectivity index (χ4v) is 1.59. The maximum Gasteiger partial charge on any atom is 0.323 e. The minimum absolute atomic E-state index is 0.172. The number of aromatic nitrogens is 3. The van der Waals surface area contributed by atoms with Crippen LogP contribution < -0.4 is 15.8 Å². The number of unbranched alkanes of at least 4 members (excludes halogenated alkanes) is 1. The van der Waals surface area contributed by atoms with E-state index in [-0.39, 0.29) is 12.0 Å². The Hall–Kier alpha value is -1.63. The molecule has 0 bridgehead atoms. The highest BCUT2D eigenvalue weighted by atomic mass is 16.5. The van der Waals surface area contributed by atoms with Crippen molar-refractivity contribution in [2.24, 2.45) is 0 Å². The molecule has 0 aromatic carbocycles. The molecule has 0 saturated heterocycles. The van der Waals surface area contributed by atoms with Crippen molar-refractivity contribution in [2.75, 3.05) is 37.8 Å². The number of nitrogens with zero attached hydrogens (tertiary/aromatic N) is 4. The highest BCUT2D eigenvalue weighted by molar-refractivity contribution is 5.32. The molecule has 0 atom stereocenters. The van der Waals surface area contributed by atoms with Crippen LogP contribution in [0.3, 0.4) is 0 Å². The van der Waals surface area contributed by atoms with Gasteiger partial charge in [-0.25, -0.2) is 0 Å². The number of nitrogens with one attached hydrogen (secondary N) is 1. The maximum absolute atomic E-state index is 5.60. The van der Waals surface area contributed by atoms with Gasteiger partial charge >= 0.3 is 6.01 Å².